The second-order valence-electron chi connectivity index (χ2n) is 11.9. The van der Waals surface area contributed by atoms with Gasteiger partial charge in [0, 0.05) is 24.5 Å². The average Bonchev–Trinajstić information content (AvgIpc) is 3.07. The van der Waals surface area contributed by atoms with Gasteiger partial charge in [-0.2, -0.15) is 0 Å². The van der Waals surface area contributed by atoms with Gasteiger partial charge in [-0.3, -0.25) is 4.79 Å². The number of fused-ring (bicyclic) bond motifs is 1. The lowest BCUT2D eigenvalue weighted by Crippen LogP contribution is -2.51. The standard InChI is InChI=1S/C27H46O3S/c1-18(2)7-8-19(3)22-9-10-23-21(13-16-28)24(12-15-26(22,23)4)27(5)14-11-20(30-31-6)17-25(27)29/h16,18-24H,7-15,17H2,1-6H3/t19-,20+,21?,22-,23?,24?,26-,27-/m1/s1. The Morgan fingerprint density at radius 3 is 2.42 bits per heavy atom. The molecule has 0 saturated heterocycles. The maximum Gasteiger partial charge on any atom is 0.141 e. The highest BCUT2D eigenvalue weighted by atomic mass is 32.2. The molecule has 3 fully saturated rings. The van der Waals surface area contributed by atoms with Crippen molar-refractivity contribution in [3.8, 4) is 0 Å². The smallest absolute Gasteiger partial charge is 0.141 e. The summed E-state index contributed by atoms with van der Waals surface area (Å²) in [4.78, 5) is 25.2. The van der Waals surface area contributed by atoms with Gasteiger partial charge in [0.2, 0.25) is 0 Å². The van der Waals surface area contributed by atoms with E-state index in [0.29, 0.717) is 41.8 Å². The normalized spacial score (nSPS) is 41.9. The molecule has 0 aliphatic heterocycles. The summed E-state index contributed by atoms with van der Waals surface area (Å²) in [7, 11) is 0. The number of Topliss-reactive ketones (excluding diaryl/α,β-unsaturated/α-hetero) is 1. The molecule has 3 saturated carbocycles. The van der Waals surface area contributed by atoms with Crippen LogP contribution < -0.4 is 0 Å². The number of ketones is 1. The van der Waals surface area contributed by atoms with Crippen LogP contribution in [-0.4, -0.2) is 24.4 Å². The predicted octanol–water partition coefficient (Wildman–Crippen LogP) is 7.13. The molecule has 178 valence electrons. The van der Waals surface area contributed by atoms with Gasteiger partial charge in [-0.05, 0) is 91.5 Å². The van der Waals surface area contributed by atoms with Gasteiger partial charge in [0.25, 0.3) is 0 Å². The molecular formula is C27H46O3S. The van der Waals surface area contributed by atoms with Crippen molar-refractivity contribution in [3.63, 3.8) is 0 Å². The minimum Gasteiger partial charge on any atom is -0.312 e. The first-order chi connectivity index (χ1) is 14.7. The number of hydrogen-bond donors (Lipinski definition) is 0. The van der Waals surface area contributed by atoms with E-state index in [0.717, 1.165) is 43.3 Å². The van der Waals surface area contributed by atoms with Gasteiger partial charge < -0.3 is 8.98 Å². The van der Waals surface area contributed by atoms with Gasteiger partial charge in [-0.1, -0.05) is 47.5 Å². The quantitative estimate of drug-likeness (QED) is 0.277. The third kappa shape index (κ3) is 4.95. The van der Waals surface area contributed by atoms with Crippen molar-refractivity contribution in [3.05, 3.63) is 0 Å². The molecule has 0 spiro atoms. The molecule has 3 rings (SSSR count). The largest absolute Gasteiger partial charge is 0.312 e. The molecule has 3 unspecified atom stereocenters. The predicted molar refractivity (Wildman–Crippen MR) is 130 cm³/mol. The van der Waals surface area contributed by atoms with Crippen molar-refractivity contribution in [2.45, 2.75) is 105 Å². The Labute approximate surface area is 195 Å². The van der Waals surface area contributed by atoms with Gasteiger partial charge in [0.1, 0.15) is 12.1 Å². The van der Waals surface area contributed by atoms with E-state index in [1.54, 1.807) is 0 Å². The monoisotopic (exact) mass is 450 g/mol. The lowest BCUT2D eigenvalue weighted by Gasteiger charge is -2.55. The molecule has 0 bridgehead atoms. The van der Waals surface area contributed by atoms with Gasteiger partial charge in [-0.25, -0.2) is 0 Å². The molecule has 0 amide bonds. The summed E-state index contributed by atoms with van der Waals surface area (Å²) in [6.45, 7) is 11.9. The van der Waals surface area contributed by atoms with Gasteiger partial charge in [0.05, 0.1) is 6.10 Å². The molecule has 31 heavy (non-hydrogen) atoms. The van der Waals surface area contributed by atoms with E-state index in [2.05, 4.69) is 34.6 Å². The van der Waals surface area contributed by atoms with Crippen molar-refractivity contribution >= 4 is 24.1 Å². The number of hydrogen-bond acceptors (Lipinski definition) is 4. The zero-order valence-electron chi connectivity index (χ0n) is 20.8. The molecule has 3 nitrogen and oxygen atoms in total. The topological polar surface area (TPSA) is 43.4 Å². The zero-order valence-corrected chi connectivity index (χ0v) is 21.6. The summed E-state index contributed by atoms with van der Waals surface area (Å²) < 4.78 is 5.71. The Morgan fingerprint density at radius 1 is 1.06 bits per heavy atom. The van der Waals surface area contributed by atoms with Crippen LogP contribution in [0.4, 0.5) is 0 Å². The fourth-order valence-electron chi connectivity index (χ4n) is 8.04. The summed E-state index contributed by atoms with van der Waals surface area (Å²) in [5.74, 6) is 3.97. The first kappa shape index (κ1) is 25.3. The van der Waals surface area contributed by atoms with Gasteiger partial charge >= 0.3 is 0 Å². The first-order valence-corrected chi connectivity index (χ1v) is 14.0. The number of aldehydes is 1. The van der Waals surface area contributed by atoms with Crippen LogP contribution in [0.15, 0.2) is 0 Å². The fraction of sp³-hybridized carbons (Fsp3) is 0.926. The summed E-state index contributed by atoms with van der Waals surface area (Å²) >= 11 is 1.38. The van der Waals surface area contributed by atoms with E-state index in [9.17, 15) is 9.59 Å². The van der Waals surface area contributed by atoms with Crippen LogP contribution in [0.3, 0.4) is 0 Å². The molecule has 3 aliphatic carbocycles. The zero-order chi connectivity index (χ0) is 22.8. The van der Waals surface area contributed by atoms with Gasteiger partial charge in [-0.15, -0.1) is 0 Å². The van der Waals surface area contributed by atoms with Crippen molar-refractivity contribution in [1.29, 1.82) is 0 Å². The summed E-state index contributed by atoms with van der Waals surface area (Å²) in [6.07, 6.45) is 13.7. The van der Waals surface area contributed by atoms with Crippen molar-refractivity contribution in [2.75, 3.05) is 6.26 Å². The average molecular weight is 451 g/mol. The van der Waals surface area contributed by atoms with Gasteiger partial charge in [0.15, 0.2) is 0 Å². The van der Waals surface area contributed by atoms with Crippen molar-refractivity contribution in [2.24, 2.45) is 46.3 Å². The number of carbonyl (C=O) groups is 2. The van der Waals surface area contributed by atoms with Crippen LogP contribution in [-0.2, 0) is 13.8 Å². The number of rotatable bonds is 9. The Balaban J connectivity index is 1.79. The SMILES string of the molecule is CSO[C@H]1CC[C@](C)(C2CC[C@@]3(C)C(CC[C@@H]3[C@H](C)CCC(C)C)C2CC=O)C(=O)C1. The summed E-state index contributed by atoms with van der Waals surface area (Å²) in [5, 5.41) is 0. The summed E-state index contributed by atoms with van der Waals surface area (Å²) in [5.41, 5.74) is 0.0494. The second-order valence-corrected chi connectivity index (χ2v) is 12.5. The molecule has 3 aliphatic rings. The summed E-state index contributed by atoms with van der Waals surface area (Å²) in [6, 6.07) is 0. The maximum absolute atomic E-state index is 13.4. The highest BCUT2D eigenvalue weighted by Gasteiger charge is 2.59. The number of carbonyl (C=O) groups excluding carboxylic acids is 2. The van der Waals surface area contributed by atoms with E-state index in [-0.39, 0.29) is 11.5 Å². The molecule has 0 N–H and O–H groups in total. The van der Waals surface area contributed by atoms with Crippen LogP contribution in [0.5, 0.6) is 0 Å². The molecule has 4 heteroatoms. The van der Waals surface area contributed by atoms with Crippen LogP contribution >= 0.6 is 12.0 Å². The molecule has 0 aromatic rings. The second kappa shape index (κ2) is 10.3. The molecule has 8 atom stereocenters. The highest BCUT2D eigenvalue weighted by molar-refractivity contribution is 7.93. The minimum atomic E-state index is -0.283. The maximum atomic E-state index is 13.4. The van der Waals surface area contributed by atoms with Crippen LogP contribution in [0, 0.1) is 46.3 Å². The minimum absolute atomic E-state index is 0.0617. The molecular weight excluding hydrogens is 404 g/mol. The first-order valence-electron chi connectivity index (χ1n) is 12.8. The Morgan fingerprint density at radius 2 is 1.81 bits per heavy atom. The highest BCUT2D eigenvalue weighted by Crippen LogP contribution is 2.64. The van der Waals surface area contributed by atoms with E-state index in [4.69, 9.17) is 4.18 Å². The van der Waals surface area contributed by atoms with E-state index in [1.807, 2.05) is 6.26 Å². The van der Waals surface area contributed by atoms with Crippen LogP contribution in [0.25, 0.3) is 0 Å². The molecule has 0 aromatic heterocycles. The lowest BCUT2D eigenvalue weighted by molar-refractivity contribution is -0.145. The van der Waals surface area contributed by atoms with E-state index >= 15 is 0 Å². The molecule has 0 heterocycles. The van der Waals surface area contributed by atoms with Crippen molar-refractivity contribution < 1.29 is 13.8 Å². The lowest BCUT2D eigenvalue weighted by atomic mass is 9.49. The Hall–Kier alpha value is -0.350. The third-order valence-corrected chi connectivity index (χ3v) is 10.3. The molecule has 0 radical (unpaired) electrons. The third-order valence-electron chi connectivity index (χ3n) is 9.85. The Kier molecular flexibility index (Phi) is 8.38. The van der Waals surface area contributed by atoms with Crippen molar-refractivity contribution in [1.82, 2.24) is 0 Å². The fourth-order valence-corrected chi connectivity index (χ4v) is 8.48. The van der Waals surface area contributed by atoms with E-state index < -0.39 is 0 Å². The van der Waals surface area contributed by atoms with Crippen LogP contribution in [0.1, 0.15) is 98.8 Å². The molecule has 0 aromatic carbocycles. The van der Waals surface area contributed by atoms with E-state index in [1.165, 1.54) is 44.1 Å². The van der Waals surface area contributed by atoms with Crippen LogP contribution in [0.2, 0.25) is 0 Å². The Bertz CT molecular complexity index is 634.